The molecule has 1 saturated carbocycles. The lowest BCUT2D eigenvalue weighted by molar-refractivity contribution is -0.165. The lowest BCUT2D eigenvalue weighted by Crippen LogP contribution is -2.51. The van der Waals surface area contributed by atoms with Gasteiger partial charge < -0.3 is 15.1 Å². The zero-order valence-electron chi connectivity index (χ0n) is 15.4. The molecule has 0 atom stereocenters. The second-order valence-electron chi connectivity index (χ2n) is 8.48. The van der Waals surface area contributed by atoms with Crippen LogP contribution in [0.1, 0.15) is 72.1 Å². The van der Waals surface area contributed by atoms with E-state index in [1.54, 1.807) is 4.90 Å². The van der Waals surface area contributed by atoms with Crippen molar-refractivity contribution in [3.05, 3.63) is 0 Å². The van der Waals surface area contributed by atoms with E-state index in [1.807, 2.05) is 0 Å². The maximum absolute atomic E-state index is 12.5. The van der Waals surface area contributed by atoms with Gasteiger partial charge in [-0.2, -0.15) is 0 Å². The van der Waals surface area contributed by atoms with Crippen LogP contribution in [0.3, 0.4) is 0 Å². The molecule has 0 radical (unpaired) electrons. The summed E-state index contributed by atoms with van der Waals surface area (Å²) < 4.78 is 0. The number of hydrogen-bond donors (Lipinski definition) is 2. The molecule has 1 aliphatic carbocycles. The van der Waals surface area contributed by atoms with Crippen molar-refractivity contribution >= 4 is 11.9 Å². The predicted octanol–water partition coefficient (Wildman–Crippen LogP) is 3.06. The first-order valence-electron chi connectivity index (χ1n) is 9.41. The normalized spacial score (nSPS) is 27.8. The average molecular weight is 339 g/mol. The van der Waals surface area contributed by atoms with Crippen LogP contribution in [0.5, 0.6) is 0 Å². The molecule has 0 unspecified atom stereocenters. The Hall–Kier alpha value is -1.10. The minimum atomic E-state index is -1.65. The fourth-order valence-electron chi connectivity index (χ4n) is 4.15. The number of carbonyl (C=O) groups is 2. The van der Waals surface area contributed by atoms with Crippen LogP contribution >= 0.6 is 0 Å². The number of aliphatic carboxylic acids is 1. The van der Waals surface area contributed by atoms with Crippen molar-refractivity contribution in [3.63, 3.8) is 0 Å². The standard InChI is InChI=1S/C19H33NO4/c1-4-18(2,3)15-7-5-14(6-8-15)13-16(21)20-11-9-19(24,10-12-20)17(22)23/h14-15,24H,4-13H2,1-3H3,(H,22,23). The van der Waals surface area contributed by atoms with E-state index in [0.717, 1.165) is 18.8 Å². The summed E-state index contributed by atoms with van der Waals surface area (Å²) in [6.07, 6.45) is 6.68. The minimum Gasteiger partial charge on any atom is -0.479 e. The first kappa shape index (κ1) is 19.2. The van der Waals surface area contributed by atoms with Crippen LogP contribution in [-0.4, -0.2) is 45.7 Å². The summed E-state index contributed by atoms with van der Waals surface area (Å²) in [4.78, 5) is 25.3. The maximum atomic E-state index is 12.5. The van der Waals surface area contributed by atoms with Crippen LogP contribution in [-0.2, 0) is 9.59 Å². The second-order valence-corrected chi connectivity index (χ2v) is 8.48. The SMILES string of the molecule is CCC(C)(C)C1CCC(CC(=O)N2CCC(O)(C(=O)O)CC2)CC1. The number of aliphatic hydroxyl groups is 1. The number of piperidine rings is 1. The van der Waals surface area contributed by atoms with Crippen LogP contribution < -0.4 is 0 Å². The Morgan fingerprint density at radius 3 is 2.12 bits per heavy atom. The van der Waals surface area contributed by atoms with Gasteiger partial charge in [-0.25, -0.2) is 4.79 Å². The molecule has 1 aliphatic heterocycles. The summed E-state index contributed by atoms with van der Waals surface area (Å²) in [5.41, 5.74) is -1.26. The number of rotatable bonds is 5. The van der Waals surface area contributed by atoms with Gasteiger partial charge in [-0.1, -0.05) is 27.2 Å². The van der Waals surface area contributed by atoms with E-state index in [-0.39, 0.29) is 18.7 Å². The molecule has 0 aromatic carbocycles. The van der Waals surface area contributed by atoms with E-state index in [2.05, 4.69) is 20.8 Å². The maximum Gasteiger partial charge on any atom is 0.335 e. The van der Waals surface area contributed by atoms with Gasteiger partial charge in [0, 0.05) is 32.4 Å². The molecular weight excluding hydrogens is 306 g/mol. The summed E-state index contributed by atoms with van der Waals surface area (Å²) >= 11 is 0. The largest absolute Gasteiger partial charge is 0.479 e. The number of likely N-dealkylation sites (tertiary alicyclic amines) is 1. The number of hydrogen-bond acceptors (Lipinski definition) is 3. The molecule has 24 heavy (non-hydrogen) atoms. The number of carboxylic acids is 1. The Bertz CT molecular complexity index is 458. The van der Waals surface area contributed by atoms with Crippen molar-refractivity contribution < 1.29 is 19.8 Å². The number of carboxylic acid groups (broad SMARTS) is 1. The summed E-state index contributed by atoms with van der Waals surface area (Å²) in [6, 6.07) is 0. The van der Waals surface area contributed by atoms with Crippen LogP contribution in [0, 0.1) is 17.3 Å². The molecule has 2 aliphatic rings. The van der Waals surface area contributed by atoms with Gasteiger partial charge in [-0.3, -0.25) is 4.79 Å². The fourth-order valence-corrected chi connectivity index (χ4v) is 4.15. The van der Waals surface area contributed by atoms with Crippen molar-refractivity contribution in [1.29, 1.82) is 0 Å². The molecule has 0 bridgehead atoms. The molecule has 5 heteroatoms. The van der Waals surface area contributed by atoms with Crippen LogP contribution in [0.2, 0.25) is 0 Å². The van der Waals surface area contributed by atoms with E-state index < -0.39 is 11.6 Å². The highest BCUT2D eigenvalue weighted by Gasteiger charge is 2.41. The highest BCUT2D eigenvalue weighted by atomic mass is 16.4. The van der Waals surface area contributed by atoms with E-state index in [4.69, 9.17) is 5.11 Å². The highest BCUT2D eigenvalue weighted by Crippen LogP contribution is 2.42. The first-order chi connectivity index (χ1) is 11.2. The van der Waals surface area contributed by atoms with Crippen molar-refractivity contribution in [1.82, 2.24) is 4.90 Å². The van der Waals surface area contributed by atoms with Crippen LogP contribution in [0.4, 0.5) is 0 Å². The van der Waals surface area contributed by atoms with E-state index in [1.165, 1.54) is 19.3 Å². The summed E-state index contributed by atoms with van der Waals surface area (Å²) in [5, 5.41) is 19.0. The molecule has 1 amide bonds. The topological polar surface area (TPSA) is 77.8 Å². The minimum absolute atomic E-state index is 0.126. The molecular formula is C19H33NO4. The Kier molecular flexibility index (Phi) is 5.95. The second kappa shape index (κ2) is 7.42. The number of nitrogens with zero attached hydrogens (tertiary/aromatic N) is 1. The molecule has 5 nitrogen and oxygen atoms in total. The van der Waals surface area contributed by atoms with Crippen molar-refractivity contribution in [2.24, 2.45) is 17.3 Å². The van der Waals surface area contributed by atoms with Gasteiger partial charge in [0.05, 0.1) is 0 Å². The zero-order valence-corrected chi connectivity index (χ0v) is 15.4. The smallest absolute Gasteiger partial charge is 0.335 e. The van der Waals surface area contributed by atoms with Gasteiger partial charge in [-0.05, 0) is 42.9 Å². The molecule has 1 heterocycles. The van der Waals surface area contributed by atoms with Gasteiger partial charge in [0.15, 0.2) is 5.60 Å². The van der Waals surface area contributed by atoms with Gasteiger partial charge in [-0.15, -0.1) is 0 Å². The van der Waals surface area contributed by atoms with E-state index >= 15 is 0 Å². The van der Waals surface area contributed by atoms with Crippen LogP contribution in [0.15, 0.2) is 0 Å². The molecule has 0 spiro atoms. The van der Waals surface area contributed by atoms with E-state index in [9.17, 15) is 14.7 Å². The van der Waals surface area contributed by atoms with Crippen molar-refractivity contribution in [3.8, 4) is 0 Å². The highest BCUT2D eigenvalue weighted by molar-refractivity contribution is 5.79. The monoisotopic (exact) mass is 339 g/mol. The average Bonchev–Trinajstić information content (AvgIpc) is 2.55. The third kappa shape index (κ3) is 4.29. The van der Waals surface area contributed by atoms with Gasteiger partial charge in [0.25, 0.3) is 0 Å². The molecule has 138 valence electrons. The molecule has 0 aromatic heterocycles. The Morgan fingerprint density at radius 2 is 1.67 bits per heavy atom. The fraction of sp³-hybridized carbons (Fsp3) is 0.895. The van der Waals surface area contributed by atoms with Crippen molar-refractivity contribution in [2.75, 3.05) is 13.1 Å². The Labute approximate surface area is 145 Å². The van der Waals surface area contributed by atoms with Gasteiger partial charge >= 0.3 is 5.97 Å². The van der Waals surface area contributed by atoms with E-state index in [0.29, 0.717) is 30.8 Å². The lowest BCUT2D eigenvalue weighted by atomic mass is 9.67. The summed E-state index contributed by atoms with van der Waals surface area (Å²) in [7, 11) is 0. The number of carbonyl (C=O) groups excluding carboxylic acids is 1. The lowest BCUT2D eigenvalue weighted by Gasteiger charge is -2.40. The third-order valence-corrected chi connectivity index (χ3v) is 6.67. The Morgan fingerprint density at radius 1 is 1.12 bits per heavy atom. The predicted molar refractivity (Wildman–Crippen MR) is 92.5 cm³/mol. The molecule has 0 aromatic rings. The summed E-state index contributed by atoms with van der Waals surface area (Å²) in [6.45, 7) is 7.64. The van der Waals surface area contributed by atoms with Gasteiger partial charge in [0.1, 0.15) is 0 Å². The quantitative estimate of drug-likeness (QED) is 0.807. The first-order valence-corrected chi connectivity index (χ1v) is 9.41. The van der Waals surface area contributed by atoms with Gasteiger partial charge in [0.2, 0.25) is 5.91 Å². The summed E-state index contributed by atoms with van der Waals surface area (Å²) in [5.74, 6) is 0.170. The zero-order chi connectivity index (χ0) is 18.0. The third-order valence-electron chi connectivity index (χ3n) is 6.67. The van der Waals surface area contributed by atoms with Crippen LogP contribution in [0.25, 0.3) is 0 Å². The number of amides is 1. The molecule has 2 N–H and O–H groups in total. The molecule has 2 rings (SSSR count). The Balaban J connectivity index is 1.78. The van der Waals surface area contributed by atoms with Crippen molar-refractivity contribution in [2.45, 2.75) is 77.7 Å². The molecule has 1 saturated heterocycles. The molecule has 2 fully saturated rings.